The van der Waals surface area contributed by atoms with Crippen LogP contribution in [-0.2, 0) is 9.59 Å². The molecule has 0 atom stereocenters. The average Bonchev–Trinajstić information content (AvgIpc) is 2.99. The summed E-state index contributed by atoms with van der Waals surface area (Å²) in [6, 6.07) is 16.3. The third-order valence-electron chi connectivity index (χ3n) is 5.82. The third-order valence-corrected chi connectivity index (χ3v) is 6.46. The molecule has 0 unspecified atom stereocenters. The molecule has 0 aromatic heterocycles. The molecule has 0 bridgehead atoms. The Labute approximate surface area is 197 Å². The van der Waals surface area contributed by atoms with Gasteiger partial charge in [0.05, 0.1) is 11.3 Å². The molecule has 0 fully saturated rings. The highest BCUT2D eigenvalue weighted by atomic mass is 35.5. The monoisotopic (exact) mass is 464 g/mol. The molecule has 2 amide bonds. The van der Waals surface area contributed by atoms with E-state index < -0.39 is 11.8 Å². The van der Waals surface area contributed by atoms with Crippen LogP contribution < -0.4 is 10.2 Å². The van der Waals surface area contributed by atoms with E-state index in [1.54, 1.807) is 30.3 Å². The van der Waals surface area contributed by atoms with E-state index in [1.807, 2.05) is 52.0 Å². The van der Waals surface area contributed by atoms with Gasteiger partial charge in [-0.25, -0.2) is 4.90 Å². The number of imide groups is 1. The lowest BCUT2D eigenvalue weighted by Gasteiger charge is -2.18. The predicted octanol–water partition coefficient (Wildman–Crippen LogP) is 6.62. The summed E-state index contributed by atoms with van der Waals surface area (Å²) in [5.74, 6) is -0.834. The summed E-state index contributed by atoms with van der Waals surface area (Å²) in [6.45, 7) is 7.69. The summed E-state index contributed by atoms with van der Waals surface area (Å²) >= 11 is 12.5. The van der Waals surface area contributed by atoms with Gasteiger partial charge in [-0.3, -0.25) is 9.59 Å². The second-order valence-electron chi connectivity index (χ2n) is 7.96. The Kier molecular flexibility index (Phi) is 5.85. The summed E-state index contributed by atoms with van der Waals surface area (Å²) in [6.07, 6.45) is 0. The molecule has 0 spiro atoms. The molecule has 1 aliphatic heterocycles. The minimum Gasteiger partial charge on any atom is -0.350 e. The summed E-state index contributed by atoms with van der Waals surface area (Å²) in [4.78, 5) is 28.5. The first-order valence-electron chi connectivity index (χ1n) is 10.2. The molecular formula is C26H22Cl2N2O2. The zero-order valence-electron chi connectivity index (χ0n) is 18.2. The van der Waals surface area contributed by atoms with Crippen LogP contribution in [0.4, 0.5) is 11.4 Å². The number of aryl methyl sites for hydroxylation is 3. The van der Waals surface area contributed by atoms with E-state index in [0.29, 0.717) is 32.6 Å². The number of nitrogens with zero attached hydrogens (tertiary/aromatic N) is 1. The Hall–Kier alpha value is -3.08. The lowest BCUT2D eigenvalue weighted by molar-refractivity contribution is -0.120. The maximum absolute atomic E-state index is 13.7. The molecule has 4 rings (SSSR count). The Morgan fingerprint density at radius 2 is 1.50 bits per heavy atom. The first-order valence-corrected chi connectivity index (χ1v) is 10.9. The normalized spacial score (nSPS) is 13.9. The molecule has 0 saturated heterocycles. The highest BCUT2D eigenvalue weighted by Crippen LogP contribution is 2.37. The van der Waals surface area contributed by atoms with Crippen molar-refractivity contribution in [2.24, 2.45) is 0 Å². The van der Waals surface area contributed by atoms with Gasteiger partial charge in [-0.15, -0.1) is 0 Å². The van der Waals surface area contributed by atoms with E-state index in [9.17, 15) is 9.59 Å². The molecule has 1 aliphatic rings. The van der Waals surface area contributed by atoms with Crippen LogP contribution in [0.1, 0.15) is 27.8 Å². The molecule has 0 saturated carbocycles. The Morgan fingerprint density at radius 1 is 0.781 bits per heavy atom. The van der Waals surface area contributed by atoms with Gasteiger partial charge in [0, 0.05) is 15.7 Å². The molecule has 1 N–H and O–H groups in total. The van der Waals surface area contributed by atoms with Crippen LogP contribution in [0, 0.1) is 27.7 Å². The highest BCUT2D eigenvalue weighted by molar-refractivity contribution is 6.46. The van der Waals surface area contributed by atoms with Gasteiger partial charge in [0.15, 0.2) is 0 Å². The van der Waals surface area contributed by atoms with E-state index >= 15 is 0 Å². The van der Waals surface area contributed by atoms with E-state index in [1.165, 1.54) is 4.90 Å². The van der Waals surface area contributed by atoms with Gasteiger partial charge in [-0.05, 0) is 79.8 Å². The molecule has 3 aromatic carbocycles. The van der Waals surface area contributed by atoms with Crippen molar-refractivity contribution in [3.63, 3.8) is 0 Å². The molecular weight excluding hydrogens is 443 g/mol. The Balaban J connectivity index is 1.90. The highest BCUT2D eigenvalue weighted by Gasteiger charge is 2.41. The number of amides is 2. The van der Waals surface area contributed by atoms with Crippen LogP contribution in [0.25, 0.3) is 5.57 Å². The lowest BCUT2D eigenvalue weighted by atomic mass is 9.99. The zero-order chi connectivity index (χ0) is 23.2. The minimum absolute atomic E-state index is 0.211. The second-order valence-corrected chi connectivity index (χ2v) is 8.81. The SMILES string of the molecule is Cc1ccc(C2=C(Nc3cccc(Cl)c3C)C(=O)N(c3cc(Cl)ccc3C)C2=O)cc1C. The zero-order valence-corrected chi connectivity index (χ0v) is 19.7. The lowest BCUT2D eigenvalue weighted by Crippen LogP contribution is -2.33. The molecule has 32 heavy (non-hydrogen) atoms. The fourth-order valence-electron chi connectivity index (χ4n) is 3.73. The van der Waals surface area contributed by atoms with Crippen molar-refractivity contribution in [1.29, 1.82) is 0 Å². The first-order chi connectivity index (χ1) is 15.2. The summed E-state index contributed by atoms with van der Waals surface area (Å²) in [5, 5.41) is 4.22. The summed E-state index contributed by atoms with van der Waals surface area (Å²) in [5.41, 5.74) is 6.04. The molecule has 1 heterocycles. The fraction of sp³-hybridized carbons (Fsp3) is 0.154. The first kappa shape index (κ1) is 22.1. The van der Waals surface area contributed by atoms with E-state index in [4.69, 9.17) is 23.2 Å². The van der Waals surface area contributed by atoms with Gasteiger partial charge < -0.3 is 5.32 Å². The number of rotatable bonds is 4. The molecule has 6 heteroatoms. The van der Waals surface area contributed by atoms with Crippen LogP contribution in [0.5, 0.6) is 0 Å². The molecule has 0 aliphatic carbocycles. The van der Waals surface area contributed by atoms with Crippen molar-refractivity contribution in [2.45, 2.75) is 27.7 Å². The molecule has 162 valence electrons. The van der Waals surface area contributed by atoms with Crippen molar-refractivity contribution in [3.8, 4) is 0 Å². The third kappa shape index (κ3) is 3.81. The van der Waals surface area contributed by atoms with Crippen molar-refractivity contribution < 1.29 is 9.59 Å². The average molecular weight is 465 g/mol. The number of benzene rings is 3. The van der Waals surface area contributed by atoms with Gasteiger partial charge in [-0.2, -0.15) is 0 Å². The number of hydrogen-bond acceptors (Lipinski definition) is 3. The van der Waals surface area contributed by atoms with Crippen molar-refractivity contribution in [2.75, 3.05) is 10.2 Å². The number of carbonyl (C=O) groups is 2. The standard InChI is InChI=1S/C26H22Cl2N2O2/c1-14-8-10-18(12-16(14)3)23-24(29-21-7-5-6-20(28)17(21)4)26(32)30(25(23)31)22-13-19(27)11-9-15(22)2/h5-13,29H,1-4H3. The maximum Gasteiger partial charge on any atom is 0.282 e. The Bertz CT molecular complexity index is 1310. The Morgan fingerprint density at radius 3 is 2.22 bits per heavy atom. The molecule has 0 radical (unpaired) electrons. The van der Waals surface area contributed by atoms with Gasteiger partial charge in [-0.1, -0.05) is 53.5 Å². The fourth-order valence-corrected chi connectivity index (χ4v) is 4.07. The van der Waals surface area contributed by atoms with Crippen molar-refractivity contribution >= 4 is 52.0 Å². The number of anilines is 2. The van der Waals surface area contributed by atoms with E-state index in [0.717, 1.165) is 22.3 Å². The van der Waals surface area contributed by atoms with E-state index in [-0.39, 0.29) is 5.70 Å². The largest absolute Gasteiger partial charge is 0.350 e. The minimum atomic E-state index is -0.437. The van der Waals surface area contributed by atoms with Gasteiger partial charge in [0.2, 0.25) is 0 Å². The van der Waals surface area contributed by atoms with Crippen molar-refractivity contribution in [3.05, 3.63) is 98.2 Å². The van der Waals surface area contributed by atoms with Crippen LogP contribution in [0.15, 0.2) is 60.3 Å². The van der Waals surface area contributed by atoms with Gasteiger partial charge in [0.1, 0.15) is 5.70 Å². The van der Waals surface area contributed by atoms with Crippen LogP contribution in [-0.4, -0.2) is 11.8 Å². The molecule has 4 nitrogen and oxygen atoms in total. The number of nitrogens with one attached hydrogen (secondary N) is 1. The quantitative estimate of drug-likeness (QED) is 0.441. The smallest absolute Gasteiger partial charge is 0.282 e. The number of halogens is 2. The number of carbonyl (C=O) groups excluding carboxylic acids is 2. The number of hydrogen-bond donors (Lipinski definition) is 1. The van der Waals surface area contributed by atoms with Crippen LogP contribution in [0.2, 0.25) is 10.0 Å². The van der Waals surface area contributed by atoms with E-state index in [2.05, 4.69) is 5.32 Å². The predicted molar refractivity (Wildman–Crippen MR) is 131 cm³/mol. The van der Waals surface area contributed by atoms with Crippen LogP contribution >= 0.6 is 23.2 Å². The maximum atomic E-state index is 13.7. The topological polar surface area (TPSA) is 49.4 Å². The molecule has 3 aromatic rings. The van der Waals surface area contributed by atoms with Crippen molar-refractivity contribution in [1.82, 2.24) is 0 Å². The van der Waals surface area contributed by atoms with Gasteiger partial charge in [0.25, 0.3) is 11.8 Å². The van der Waals surface area contributed by atoms with Crippen LogP contribution in [0.3, 0.4) is 0 Å². The van der Waals surface area contributed by atoms with Gasteiger partial charge >= 0.3 is 0 Å². The summed E-state index contributed by atoms with van der Waals surface area (Å²) in [7, 11) is 0. The summed E-state index contributed by atoms with van der Waals surface area (Å²) < 4.78 is 0. The second kappa shape index (κ2) is 8.45.